The number of anilines is 1. The minimum Gasteiger partial charge on any atom is -0.379 e. The first-order valence-corrected chi connectivity index (χ1v) is 9.99. The Labute approximate surface area is 162 Å². The number of para-hydroxylation sites is 1. The predicted molar refractivity (Wildman–Crippen MR) is 106 cm³/mol. The molecule has 0 atom stereocenters. The van der Waals surface area contributed by atoms with Gasteiger partial charge in [0.1, 0.15) is 0 Å². The molecule has 8 heteroatoms. The summed E-state index contributed by atoms with van der Waals surface area (Å²) in [5.74, 6) is -0.100. The monoisotopic (exact) mass is 385 g/mol. The standard InChI is InChI=1S/C19H23N5O2S/c1-22-10-7-16(21-22)18(25)24(9-4-8-23-11-13-26-14-12-23)19-20-15-5-2-3-6-17(15)27-19/h2-3,5-7,10H,4,8-9,11-14H2,1H3. The maximum Gasteiger partial charge on any atom is 0.280 e. The number of morpholine rings is 1. The lowest BCUT2D eigenvalue weighted by molar-refractivity contribution is 0.0376. The average molecular weight is 385 g/mol. The van der Waals surface area contributed by atoms with E-state index in [4.69, 9.17) is 4.74 Å². The van der Waals surface area contributed by atoms with Gasteiger partial charge in [0.2, 0.25) is 0 Å². The van der Waals surface area contributed by atoms with Gasteiger partial charge in [-0.1, -0.05) is 23.5 Å². The van der Waals surface area contributed by atoms with Gasteiger partial charge in [0.15, 0.2) is 10.8 Å². The van der Waals surface area contributed by atoms with Crippen molar-refractivity contribution in [1.82, 2.24) is 19.7 Å². The number of aromatic nitrogens is 3. The first kappa shape index (κ1) is 18.1. The van der Waals surface area contributed by atoms with Crippen LogP contribution < -0.4 is 4.90 Å². The van der Waals surface area contributed by atoms with Gasteiger partial charge in [0.05, 0.1) is 23.4 Å². The van der Waals surface area contributed by atoms with Crippen molar-refractivity contribution in [3.8, 4) is 0 Å². The van der Waals surface area contributed by atoms with E-state index in [1.807, 2.05) is 31.3 Å². The molecule has 3 aromatic rings. The second kappa shape index (κ2) is 8.16. The lowest BCUT2D eigenvalue weighted by Gasteiger charge is -2.27. The van der Waals surface area contributed by atoms with Crippen LogP contribution in [0.25, 0.3) is 10.2 Å². The van der Waals surface area contributed by atoms with Crippen molar-refractivity contribution in [2.45, 2.75) is 6.42 Å². The van der Waals surface area contributed by atoms with Gasteiger partial charge < -0.3 is 4.74 Å². The number of benzene rings is 1. The lowest BCUT2D eigenvalue weighted by atomic mass is 10.3. The Morgan fingerprint density at radius 2 is 2.07 bits per heavy atom. The highest BCUT2D eigenvalue weighted by Gasteiger charge is 2.23. The molecule has 0 unspecified atom stereocenters. The van der Waals surface area contributed by atoms with E-state index in [0.717, 1.165) is 54.6 Å². The molecule has 2 aromatic heterocycles. The summed E-state index contributed by atoms with van der Waals surface area (Å²) in [6, 6.07) is 9.73. The summed E-state index contributed by atoms with van der Waals surface area (Å²) in [5.41, 5.74) is 1.37. The number of hydrogen-bond donors (Lipinski definition) is 0. The van der Waals surface area contributed by atoms with Gasteiger partial charge in [-0.25, -0.2) is 4.98 Å². The molecule has 1 aliphatic heterocycles. The molecule has 1 aromatic carbocycles. The van der Waals surface area contributed by atoms with Crippen LogP contribution in [0.4, 0.5) is 5.13 Å². The number of rotatable bonds is 6. The van der Waals surface area contributed by atoms with Gasteiger partial charge in [0, 0.05) is 39.4 Å². The molecular weight excluding hydrogens is 362 g/mol. The van der Waals surface area contributed by atoms with E-state index in [0.29, 0.717) is 12.2 Å². The zero-order chi connectivity index (χ0) is 18.6. The van der Waals surface area contributed by atoms with E-state index in [1.165, 1.54) is 0 Å². The van der Waals surface area contributed by atoms with E-state index in [2.05, 4.69) is 15.0 Å². The summed E-state index contributed by atoms with van der Waals surface area (Å²) in [4.78, 5) is 21.9. The van der Waals surface area contributed by atoms with Crippen LogP contribution in [0.5, 0.6) is 0 Å². The fraction of sp³-hybridized carbons (Fsp3) is 0.421. The molecule has 7 nitrogen and oxygen atoms in total. The molecule has 1 amide bonds. The minimum absolute atomic E-state index is 0.100. The first-order chi connectivity index (χ1) is 13.2. The van der Waals surface area contributed by atoms with Gasteiger partial charge in [0.25, 0.3) is 5.91 Å². The highest BCUT2D eigenvalue weighted by Crippen LogP contribution is 2.29. The molecule has 142 valence electrons. The quantitative estimate of drug-likeness (QED) is 0.652. The number of hydrogen-bond acceptors (Lipinski definition) is 6. The van der Waals surface area contributed by atoms with E-state index < -0.39 is 0 Å². The molecular formula is C19H23N5O2S. The number of aryl methyl sites for hydroxylation is 1. The van der Waals surface area contributed by atoms with E-state index in [9.17, 15) is 4.79 Å². The second-order valence-electron chi connectivity index (χ2n) is 6.60. The molecule has 0 bridgehead atoms. The van der Waals surface area contributed by atoms with Crippen molar-refractivity contribution in [2.24, 2.45) is 7.05 Å². The number of carbonyl (C=O) groups excluding carboxylic acids is 1. The summed E-state index contributed by atoms with van der Waals surface area (Å²) in [5, 5.41) is 5.01. The van der Waals surface area contributed by atoms with E-state index in [1.54, 1.807) is 33.2 Å². The fourth-order valence-corrected chi connectivity index (χ4v) is 4.19. The maximum atomic E-state index is 13.1. The Balaban J connectivity index is 1.53. The number of amides is 1. The Hall–Kier alpha value is -2.29. The Bertz CT molecular complexity index is 883. The van der Waals surface area contributed by atoms with Gasteiger partial charge in [-0.15, -0.1) is 0 Å². The van der Waals surface area contributed by atoms with Crippen molar-refractivity contribution in [3.63, 3.8) is 0 Å². The second-order valence-corrected chi connectivity index (χ2v) is 7.61. The highest BCUT2D eigenvalue weighted by atomic mass is 32.1. The van der Waals surface area contributed by atoms with Crippen LogP contribution >= 0.6 is 11.3 Å². The Kier molecular flexibility index (Phi) is 5.47. The maximum absolute atomic E-state index is 13.1. The Morgan fingerprint density at radius 3 is 2.81 bits per heavy atom. The minimum atomic E-state index is -0.100. The third-order valence-electron chi connectivity index (χ3n) is 4.65. The number of ether oxygens (including phenoxy) is 1. The van der Waals surface area contributed by atoms with Crippen LogP contribution in [0.2, 0.25) is 0 Å². The van der Waals surface area contributed by atoms with Gasteiger partial charge in [-0.2, -0.15) is 5.10 Å². The van der Waals surface area contributed by atoms with Crippen LogP contribution in [0.3, 0.4) is 0 Å². The summed E-state index contributed by atoms with van der Waals surface area (Å²) in [6.07, 6.45) is 2.67. The molecule has 1 saturated heterocycles. The van der Waals surface area contributed by atoms with Crippen LogP contribution in [-0.2, 0) is 11.8 Å². The van der Waals surface area contributed by atoms with Crippen LogP contribution in [0.15, 0.2) is 36.5 Å². The fourth-order valence-electron chi connectivity index (χ4n) is 3.20. The van der Waals surface area contributed by atoms with Gasteiger partial charge in [-0.05, 0) is 24.6 Å². The third-order valence-corrected chi connectivity index (χ3v) is 5.71. The van der Waals surface area contributed by atoms with E-state index >= 15 is 0 Å². The van der Waals surface area contributed by atoms with Crippen molar-refractivity contribution in [2.75, 3.05) is 44.3 Å². The zero-order valence-electron chi connectivity index (χ0n) is 15.4. The molecule has 4 rings (SSSR count). The molecule has 0 radical (unpaired) electrons. The average Bonchev–Trinajstić information content (AvgIpc) is 3.31. The molecule has 1 fully saturated rings. The largest absolute Gasteiger partial charge is 0.379 e. The zero-order valence-corrected chi connectivity index (χ0v) is 16.2. The molecule has 3 heterocycles. The van der Waals surface area contributed by atoms with Crippen molar-refractivity contribution >= 4 is 32.6 Å². The summed E-state index contributed by atoms with van der Waals surface area (Å²) in [7, 11) is 1.82. The van der Waals surface area contributed by atoms with Crippen LogP contribution in [0.1, 0.15) is 16.9 Å². The van der Waals surface area contributed by atoms with Crippen LogP contribution in [0, 0.1) is 0 Å². The number of nitrogens with zero attached hydrogens (tertiary/aromatic N) is 5. The normalized spacial score (nSPS) is 15.3. The molecule has 1 aliphatic rings. The third kappa shape index (κ3) is 4.18. The summed E-state index contributed by atoms with van der Waals surface area (Å²) in [6.45, 7) is 5.04. The highest BCUT2D eigenvalue weighted by molar-refractivity contribution is 7.22. The molecule has 27 heavy (non-hydrogen) atoms. The first-order valence-electron chi connectivity index (χ1n) is 9.18. The topological polar surface area (TPSA) is 63.5 Å². The summed E-state index contributed by atoms with van der Waals surface area (Å²) >= 11 is 1.55. The van der Waals surface area contributed by atoms with Crippen molar-refractivity contribution in [1.29, 1.82) is 0 Å². The van der Waals surface area contributed by atoms with Crippen LogP contribution in [-0.4, -0.2) is 65.0 Å². The molecule has 0 spiro atoms. The van der Waals surface area contributed by atoms with E-state index in [-0.39, 0.29) is 5.91 Å². The molecule has 0 aliphatic carbocycles. The van der Waals surface area contributed by atoms with Gasteiger partial charge in [-0.3, -0.25) is 19.3 Å². The predicted octanol–water partition coefficient (Wildman–Crippen LogP) is 2.40. The number of thiazole rings is 1. The number of fused-ring (bicyclic) bond motifs is 1. The number of carbonyl (C=O) groups is 1. The molecule has 0 N–H and O–H groups in total. The lowest BCUT2D eigenvalue weighted by Crippen LogP contribution is -2.39. The van der Waals surface area contributed by atoms with Gasteiger partial charge >= 0.3 is 0 Å². The smallest absolute Gasteiger partial charge is 0.280 e. The SMILES string of the molecule is Cn1ccc(C(=O)N(CCCN2CCOCC2)c2nc3ccccc3s2)n1. The molecule has 0 saturated carbocycles. The van der Waals surface area contributed by atoms with Crippen molar-refractivity contribution < 1.29 is 9.53 Å². The summed E-state index contributed by atoms with van der Waals surface area (Å²) < 4.78 is 8.14. The Morgan fingerprint density at radius 1 is 1.26 bits per heavy atom. The van der Waals surface area contributed by atoms with Crippen molar-refractivity contribution in [3.05, 3.63) is 42.2 Å².